The van der Waals surface area contributed by atoms with E-state index in [2.05, 4.69) is 43.1 Å². The Morgan fingerprint density at radius 1 is 0.900 bits per heavy atom. The number of nitrogens with zero attached hydrogens (tertiary/aromatic N) is 6. The number of carbonyl (C=O) groups excluding carboxylic acids is 6. The van der Waals surface area contributed by atoms with Crippen molar-refractivity contribution in [3.8, 4) is 17.1 Å². The van der Waals surface area contributed by atoms with Crippen LogP contribution in [0.3, 0.4) is 0 Å². The summed E-state index contributed by atoms with van der Waals surface area (Å²) in [6.45, 7) is 9.63. The number of allylic oxidation sites excluding steroid dienone is 4. The topological polar surface area (TPSA) is 198 Å². The Morgan fingerprint density at radius 3 is 2.36 bits per heavy atom. The van der Waals surface area contributed by atoms with Crippen LogP contribution in [-0.4, -0.2) is 124 Å². The lowest BCUT2D eigenvalue weighted by atomic mass is 9.50. The van der Waals surface area contributed by atoms with Crippen LogP contribution in [0.4, 0.5) is 10.5 Å². The van der Waals surface area contributed by atoms with Gasteiger partial charge in [-0.15, -0.1) is 0 Å². The number of carbonyl (C=O) groups is 6. The van der Waals surface area contributed by atoms with Crippen molar-refractivity contribution in [1.29, 1.82) is 0 Å². The summed E-state index contributed by atoms with van der Waals surface area (Å²) < 4.78 is 19.1. The number of aliphatic hydroxyl groups is 1. The highest BCUT2D eigenvalue weighted by Gasteiger charge is 2.67. The molecule has 2 saturated carbocycles. The lowest BCUT2D eigenvalue weighted by Gasteiger charge is -2.55. The van der Waals surface area contributed by atoms with E-state index in [9.17, 15) is 38.7 Å². The number of esters is 2. The van der Waals surface area contributed by atoms with E-state index in [0.29, 0.717) is 81.1 Å². The summed E-state index contributed by atoms with van der Waals surface area (Å²) in [4.78, 5) is 105. The number of pyridine rings is 2. The number of anilines is 1. The van der Waals surface area contributed by atoms with Crippen molar-refractivity contribution in [2.24, 2.45) is 17.3 Å². The third kappa shape index (κ3) is 9.35. The lowest BCUT2D eigenvalue weighted by molar-refractivity contribution is -0.182. The molecule has 422 valence electrons. The van der Waals surface area contributed by atoms with E-state index in [1.807, 2.05) is 36.0 Å². The van der Waals surface area contributed by atoms with Crippen LogP contribution < -0.4 is 15.2 Å². The Morgan fingerprint density at radius 2 is 1.65 bits per heavy atom. The second-order valence-corrected chi connectivity index (χ2v) is 24.0. The number of Topliss-reactive ketones (excluding diaryl/α,β-unsaturated/α-hetero) is 1. The Labute approximate surface area is 466 Å². The zero-order chi connectivity index (χ0) is 56.6. The van der Waals surface area contributed by atoms with Crippen molar-refractivity contribution < 1.29 is 48.1 Å². The zero-order valence-electron chi connectivity index (χ0n) is 47.3. The molecule has 5 heterocycles. The van der Waals surface area contributed by atoms with Gasteiger partial charge in [0.2, 0.25) is 5.91 Å². The summed E-state index contributed by atoms with van der Waals surface area (Å²) in [6.07, 6.45) is 9.46. The molecule has 3 fully saturated rings. The first kappa shape index (κ1) is 55.0. The molecule has 2 amide bonds. The normalized spacial score (nSPS) is 25.7. The fourth-order valence-electron chi connectivity index (χ4n) is 15.0. The van der Waals surface area contributed by atoms with Crippen LogP contribution >= 0.6 is 0 Å². The van der Waals surface area contributed by atoms with Crippen LogP contribution in [0.5, 0.6) is 5.75 Å². The number of rotatable bonds is 14. The third-order valence-corrected chi connectivity index (χ3v) is 19.2. The predicted octanol–water partition coefficient (Wildman–Crippen LogP) is 8.27. The molecule has 0 spiro atoms. The monoisotopic (exact) mass is 1090 g/mol. The van der Waals surface area contributed by atoms with Crippen LogP contribution in [0.25, 0.3) is 22.3 Å². The van der Waals surface area contributed by atoms with Gasteiger partial charge in [-0.1, -0.05) is 38.0 Å². The molecular weight excluding hydrogens is 1020 g/mol. The number of hydrogen-bond donors (Lipinski definition) is 1. The molecule has 0 radical (unpaired) electrons. The van der Waals surface area contributed by atoms with E-state index in [0.717, 1.165) is 73.7 Å². The van der Waals surface area contributed by atoms with Gasteiger partial charge in [0.1, 0.15) is 12.4 Å². The number of ether oxygens (including phenoxy) is 3. The van der Waals surface area contributed by atoms with E-state index in [1.165, 1.54) is 29.2 Å². The Balaban J connectivity index is 0.685. The van der Waals surface area contributed by atoms with Crippen LogP contribution in [0.1, 0.15) is 138 Å². The maximum atomic E-state index is 13.8. The van der Waals surface area contributed by atoms with Crippen molar-refractivity contribution in [2.75, 3.05) is 58.8 Å². The number of piperazine rings is 1. The molecule has 17 nitrogen and oxygen atoms in total. The minimum atomic E-state index is -1.92. The van der Waals surface area contributed by atoms with Crippen molar-refractivity contribution >= 4 is 52.1 Å². The van der Waals surface area contributed by atoms with Gasteiger partial charge in [-0.3, -0.25) is 24.0 Å². The number of aromatic nitrogens is 2. The smallest absolute Gasteiger partial charge is 0.415 e. The fourth-order valence-corrected chi connectivity index (χ4v) is 15.0. The first-order valence-electron chi connectivity index (χ1n) is 28.8. The van der Waals surface area contributed by atoms with E-state index in [-0.39, 0.29) is 71.5 Å². The van der Waals surface area contributed by atoms with Gasteiger partial charge in [-0.25, -0.2) is 14.6 Å². The summed E-state index contributed by atoms with van der Waals surface area (Å²) in [5.41, 5.74) is 6.03. The summed E-state index contributed by atoms with van der Waals surface area (Å²) in [5, 5.41) is 12.1. The molecule has 4 aromatic rings. The second-order valence-electron chi connectivity index (χ2n) is 24.0. The Hall–Kier alpha value is -6.98. The fraction of sp³-hybridized carbons (Fsp3) is 0.524. The number of unbranched alkanes of at least 4 members (excludes halogenated alkanes) is 2. The predicted molar refractivity (Wildman–Crippen MR) is 300 cm³/mol. The highest BCUT2D eigenvalue weighted by Crippen LogP contribution is 2.68. The summed E-state index contributed by atoms with van der Waals surface area (Å²) in [7, 11) is 5.94. The quantitative estimate of drug-likeness (QED) is 0.0823. The molecule has 1 saturated heterocycles. The average molecular weight is 1090 g/mol. The molecule has 1 unspecified atom stereocenters. The van der Waals surface area contributed by atoms with Gasteiger partial charge in [0.05, 0.1) is 29.0 Å². The average Bonchev–Trinajstić information content (AvgIpc) is 4.04. The number of benzene rings is 2. The molecule has 6 atom stereocenters. The minimum absolute atomic E-state index is 0.0232. The third-order valence-electron chi connectivity index (χ3n) is 19.2. The van der Waals surface area contributed by atoms with E-state index >= 15 is 0 Å². The van der Waals surface area contributed by atoms with Crippen LogP contribution in [0.15, 0.2) is 76.1 Å². The first-order valence-corrected chi connectivity index (χ1v) is 28.8. The molecular formula is C63H74N6O11. The number of amides is 2. The van der Waals surface area contributed by atoms with E-state index < -0.39 is 34.6 Å². The van der Waals surface area contributed by atoms with Crippen LogP contribution in [0.2, 0.25) is 0 Å². The Kier molecular flexibility index (Phi) is 14.5. The lowest BCUT2D eigenvalue weighted by Crippen LogP contribution is -2.57. The van der Waals surface area contributed by atoms with Crippen LogP contribution in [-0.2, 0) is 58.7 Å². The molecule has 17 heteroatoms. The number of ketones is 2. The maximum Gasteiger partial charge on any atom is 0.415 e. The summed E-state index contributed by atoms with van der Waals surface area (Å²) >= 11 is 0. The molecule has 11 rings (SSSR count). The largest absolute Gasteiger partial charge is 0.458 e. The standard InChI is InChI=1S/C63H74N6O11/c1-8-62(77)51-32-53-57-41(34-69(53)58(74)49(51)36-78-59(62)75)31-46-48(35-65(5)6)54(22-21-52(46)64-57)79-60(76)68-28-26-67(27-29-68)55(73)12-10-9-11-25-66(7)42-16-13-39(14-17-42)47-33-61(4)50(23-24-63(61,37(2)70)80-38(3)71)45-19-15-40-30-43(72)18-20-44(40)56(45)47/h13-14,16-17,21-22,30-32,45,47,50,77H,8-12,15,18-20,23-29,33-36H2,1-7H3/t45?,47-,50+,61+,62+,63+/m1/s1. The maximum absolute atomic E-state index is 13.8. The summed E-state index contributed by atoms with van der Waals surface area (Å²) in [5.74, 6) is -0.139. The zero-order valence-corrected chi connectivity index (χ0v) is 47.3. The molecule has 3 aliphatic heterocycles. The van der Waals surface area contributed by atoms with Gasteiger partial charge in [0.15, 0.2) is 22.8 Å². The SMILES string of the molecule is CC[C@@]1(O)C(=O)OCc2c1cc1n(c2=O)Cc2cc3c(CN(C)C)c(OC(=O)N4CCN(C(=O)CCCCCN(C)c5ccc([C@H]6C[C@@]7(C)[C@@H](CC[C@]7(OC(C)=O)C(C)=O)C7CCC8=CC(=O)CCC8=C76)cc5)CC4)ccc3nc2-1. The Bertz CT molecular complexity index is 3370. The molecule has 7 aliphatic rings. The molecule has 0 bridgehead atoms. The molecule has 4 aliphatic carbocycles. The summed E-state index contributed by atoms with van der Waals surface area (Å²) in [6, 6.07) is 16.0. The van der Waals surface area contributed by atoms with Gasteiger partial charge >= 0.3 is 18.0 Å². The first-order chi connectivity index (χ1) is 38.2. The second kappa shape index (κ2) is 21.2. The number of cyclic esters (lactones) is 1. The van der Waals surface area contributed by atoms with Gasteiger partial charge in [0, 0.05) is 105 Å². The van der Waals surface area contributed by atoms with Crippen LogP contribution in [0, 0.1) is 17.3 Å². The number of fused-ring (bicyclic) bond motifs is 9. The minimum Gasteiger partial charge on any atom is -0.458 e. The van der Waals surface area contributed by atoms with Gasteiger partial charge in [0.25, 0.3) is 5.56 Å². The highest BCUT2D eigenvalue weighted by atomic mass is 16.6. The van der Waals surface area contributed by atoms with E-state index in [1.54, 1.807) is 41.5 Å². The number of hydrogen-bond acceptors (Lipinski definition) is 14. The molecule has 1 N–H and O–H groups in total. The molecule has 2 aromatic carbocycles. The van der Waals surface area contributed by atoms with Gasteiger partial charge in [-0.05, 0) is 150 Å². The van der Waals surface area contributed by atoms with Crippen molar-refractivity contribution in [2.45, 2.75) is 142 Å². The van der Waals surface area contributed by atoms with E-state index in [4.69, 9.17) is 19.2 Å². The van der Waals surface area contributed by atoms with Crippen molar-refractivity contribution in [3.05, 3.63) is 109 Å². The molecule has 80 heavy (non-hydrogen) atoms. The van der Waals surface area contributed by atoms with Gasteiger partial charge < -0.3 is 43.5 Å². The van der Waals surface area contributed by atoms with Gasteiger partial charge in [-0.2, -0.15) is 0 Å². The van der Waals surface area contributed by atoms with Crippen molar-refractivity contribution in [1.82, 2.24) is 24.3 Å². The highest BCUT2D eigenvalue weighted by molar-refractivity contribution is 5.94. The van der Waals surface area contributed by atoms with Crippen molar-refractivity contribution in [3.63, 3.8) is 0 Å². The molecule has 2 aromatic heterocycles.